The summed E-state index contributed by atoms with van der Waals surface area (Å²) < 4.78 is 44.7. The van der Waals surface area contributed by atoms with Gasteiger partial charge in [0.25, 0.3) is 5.91 Å². The number of hydrogen-bond donors (Lipinski definition) is 1. The van der Waals surface area contributed by atoms with E-state index in [9.17, 15) is 22.4 Å². The molecule has 1 N–H and O–H groups in total. The molecule has 0 aliphatic carbocycles. The van der Waals surface area contributed by atoms with Gasteiger partial charge in [-0.15, -0.1) is 0 Å². The zero-order valence-corrected chi connectivity index (χ0v) is 18.9. The van der Waals surface area contributed by atoms with Crippen LogP contribution in [0, 0.1) is 5.82 Å². The fraction of sp³-hybridized carbons (Fsp3) is 0.167. The molecule has 3 aromatic carbocycles. The van der Waals surface area contributed by atoms with Gasteiger partial charge in [0.05, 0.1) is 30.7 Å². The van der Waals surface area contributed by atoms with Crippen LogP contribution >= 0.6 is 0 Å². The van der Waals surface area contributed by atoms with Crippen molar-refractivity contribution in [3.8, 4) is 0 Å². The van der Waals surface area contributed by atoms with Crippen molar-refractivity contribution in [1.82, 2.24) is 0 Å². The molecule has 0 saturated heterocycles. The number of rotatable bonds is 8. The molecule has 0 spiro atoms. The number of hydrogen-bond acceptors (Lipinski definition) is 5. The van der Waals surface area contributed by atoms with Crippen molar-refractivity contribution in [2.24, 2.45) is 0 Å². The largest absolute Gasteiger partial charge is 0.462 e. The molecule has 0 bridgehead atoms. The number of anilines is 2. The van der Waals surface area contributed by atoms with Crippen LogP contribution in [0.2, 0.25) is 0 Å². The maximum Gasteiger partial charge on any atom is 0.338 e. The van der Waals surface area contributed by atoms with E-state index in [0.29, 0.717) is 22.5 Å². The molecule has 7 nitrogen and oxygen atoms in total. The highest BCUT2D eigenvalue weighted by atomic mass is 32.2. The second kappa shape index (κ2) is 10.3. The van der Waals surface area contributed by atoms with Crippen LogP contribution in [-0.2, 0) is 21.3 Å². The first-order valence-corrected chi connectivity index (χ1v) is 11.9. The van der Waals surface area contributed by atoms with E-state index in [1.165, 1.54) is 42.5 Å². The number of carbonyl (C=O) groups is 2. The first-order valence-electron chi connectivity index (χ1n) is 10.1. The molecular formula is C24H23FN2O5S. The maximum absolute atomic E-state index is 14.0. The van der Waals surface area contributed by atoms with Crippen molar-refractivity contribution < 1.29 is 27.1 Å². The number of esters is 1. The van der Waals surface area contributed by atoms with Crippen molar-refractivity contribution >= 4 is 33.3 Å². The Kier molecular flexibility index (Phi) is 7.44. The molecule has 0 atom stereocenters. The quantitative estimate of drug-likeness (QED) is 0.498. The Bertz CT molecular complexity index is 1240. The summed E-state index contributed by atoms with van der Waals surface area (Å²) >= 11 is 0. The Hall–Kier alpha value is -3.72. The van der Waals surface area contributed by atoms with Crippen LogP contribution in [0.1, 0.15) is 33.2 Å². The normalized spacial score (nSPS) is 11.0. The number of amides is 1. The third kappa shape index (κ3) is 6.17. The third-order valence-corrected chi connectivity index (χ3v) is 5.88. The summed E-state index contributed by atoms with van der Waals surface area (Å²) in [7, 11) is -3.70. The van der Waals surface area contributed by atoms with Crippen molar-refractivity contribution in [2.45, 2.75) is 13.5 Å². The number of carbonyl (C=O) groups excluding carboxylic acids is 2. The molecule has 172 valence electrons. The summed E-state index contributed by atoms with van der Waals surface area (Å²) in [6.45, 7) is 1.81. The van der Waals surface area contributed by atoms with Crippen LogP contribution < -0.4 is 9.62 Å². The predicted octanol–water partition coefficient (Wildman–Crippen LogP) is 4.22. The number of halogens is 1. The minimum Gasteiger partial charge on any atom is -0.462 e. The molecule has 9 heteroatoms. The molecule has 0 aromatic heterocycles. The summed E-state index contributed by atoms with van der Waals surface area (Å²) in [6, 6.07) is 18.1. The Morgan fingerprint density at radius 1 is 0.939 bits per heavy atom. The van der Waals surface area contributed by atoms with E-state index in [2.05, 4.69) is 5.32 Å². The minimum absolute atomic E-state index is 0.177. The van der Waals surface area contributed by atoms with Crippen molar-refractivity contribution in [1.29, 1.82) is 0 Å². The number of nitrogens with zero attached hydrogens (tertiary/aromatic N) is 1. The number of benzene rings is 3. The molecule has 3 rings (SSSR count). The van der Waals surface area contributed by atoms with E-state index in [4.69, 9.17) is 4.74 Å². The molecular weight excluding hydrogens is 447 g/mol. The Labute approximate surface area is 191 Å². The van der Waals surface area contributed by atoms with E-state index in [-0.39, 0.29) is 18.7 Å². The van der Waals surface area contributed by atoms with Gasteiger partial charge >= 0.3 is 5.97 Å². The molecule has 0 aliphatic heterocycles. The number of sulfonamides is 1. The highest BCUT2D eigenvalue weighted by molar-refractivity contribution is 7.92. The summed E-state index contributed by atoms with van der Waals surface area (Å²) in [6.07, 6.45) is 1.04. The Morgan fingerprint density at radius 2 is 1.55 bits per heavy atom. The maximum atomic E-state index is 14.0. The zero-order valence-electron chi connectivity index (χ0n) is 18.1. The lowest BCUT2D eigenvalue weighted by Gasteiger charge is -2.23. The summed E-state index contributed by atoms with van der Waals surface area (Å²) in [5.41, 5.74) is 1.68. The van der Waals surface area contributed by atoms with Gasteiger partial charge in [-0.05, 0) is 61.5 Å². The standard InChI is InChI=1S/C24H23FN2O5S/c1-3-32-24(29)18-8-12-20(13-9-18)26-23(28)17-10-14-21(15-11-17)27(33(2,30)31)16-19-6-4-5-7-22(19)25/h4-15H,3,16H2,1-2H3,(H,26,28). The van der Waals surface area contributed by atoms with Crippen molar-refractivity contribution in [3.05, 3.63) is 95.3 Å². The van der Waals surface area contributed by atoms with E-state index in [1.807, 2.05) is 0 Å². The second-order valence-electron chi connectivity index (χ2n) is 7.16. The average molecular weight is 471 g/mol. The highest BCUT2D eigenvalue weighted by Gasteiger charge is 2.20. The lowest BCUT2D eigenvalue weighted by Crippen LogP contribution is -2.29. The van der Waals surface area contributed by atoms with Gasteiger partial charge in [-0.25, -0.2) is 17.6 Å². The third-order valence-electron chi connectivity index (χ3n) is 4.74. The summed E-state index contributed by atoms with van der Waals surface area (Å²) in [5, 5.41) is 2.71. The van der Waals surface area contributed by atoms with Gasteiger partial charge in [0.15, 0.2) is 0 Å². The van der Waals surface area contributed by atoms with E-state index in [0.717, 1.165) is 10.6 Å². The fourth-order valence-electron chi connectivity index (χ4n) is 3.07. The van der Waals surface area contributed by atoms with Crippen LogP contribution in [0.25, 0.3) is 0 Å². The number of ether oxygens (including phenoxy) is 1. The van der Waals surface area contributed by atoms with Crippen molar-refractivity contribution in [3.63, 3.8) is 0 Å². The smallest absolute Gasteiger partial charge is 0.338 e. The van der Waals surface area contributed by atoms with Crippen LogP contribution in [0.5, 0.6) is 0 Å². The lowest BCUT2D eigenvalue weighted by atomic mass is 10.1. The summed E-state index contributed by atoms with van der Waals surface area (Å²) in [5.74, 6) is -1.36. The highest BCUT2D eigenvalue weighted by Crippen LogP contribution is 2.23. The first kappa shape index (κ1) is 23.9. The topological polar surface area (TPSA) is 92.8 Å². The molecule has 0 fully saturated rings. The summed E-state index contributed by atoms with van der Waals surface area (Å²) in [4.78, 5) is 24.3. The van der Waals surface area contributed by atoms with E-state index < -0.39 is 27.7 Å². The van der Waals surface area contributed by atoms with Crippen molar-refractivity contribution in [2.75, 3.05) is 22.5 Å². The first-order chi connectivity index (χ1) is 15.7. The van der Waals surface area contributed by atoms with Gasteiger partial charge < -0.3 is 10.1 Å². The van der Waals surface area contributed by atoms with Gasteiger partial charge in [-0.3, -0.25) is 9.10 Å². The van der Waals surface area contributed by atoms with Crippen LogP contribution in [0.4, 0.5) is 15.8 Å². The van der Waals surface area contributed by atoms with Gasteiger partial charge in [-0.2, -0.15) is 0 Å². The molecule has 0 radical (unpaired) electrons. The SMILES string of the molecule is CCOC(=O)c1ccc(NC(=O)c2ccc(N(Cc3ccccc3F)S(C)(=O)=O)cc2)cc1. The van der Waals surface area contributed by atoms with E-state index >= 15 is 0 Å². The second-order valence-corrected chi connectivity index (χ2v) is 9.07. The number of nitrogens with one attached hydrogen (secondary N) is 1. The molecule has 1 amide bonds. The van der Waals surface area contributed by atoms with Crippen LogP contribution in [-0.4, -0.2) is 33.2 Å². The van der Waals surface area contributed by atoms with Gasteiger partial charge in [0, 0.05) is 16.8 Å². The minimum atomic E-state index is -3.70. The molecule has 33 heavy (non-hydrogen) atoms. The van der Waals surface area contributed by atoms with Crippen LogP contribution in [0.3, 0.4) is 0 Å². The van der Waals surface area contributed by atoms with Gasteiger partial charge in [0.2, 0.25) is 10.0 Å². The lowest BCUT2D eigenvalue weighted by molar-refractivity contribution is 0.0526. The molecule has 0 heterocycles. The molecule has 0 saturated carbocycles. The van der Waals surface area contributed by atoms with Gasteiger partial charge in [-0.1, -0.05) is 18.2 Å². The molecule has 0 unspecified atom stereocenters. The average Bonchev–Trinajstić information content (AvgIpc) is 2.78. The Balaban J connectivity index is 1.74. The molecule has 0 aliphatic rings. The Morgan fingerprint density at radius 3 is 2.12 bits per heavy atom. The molecule has 3 aromatic rings. The van der Waals surface area contributed by atoms with Gasteiger partial charge in [0.1, 0.15) is 5.82 Å². The van der Waals surface area contributed by atoms with Crippen LogP contribution in [0.15, 0.2) is 72.8 Å². The fourth-order valence-corrected chi connectivity index (χ4v) is 3.95. The predicted molar refractivity (Wildman–Crippen MR) is 124 cm³/mol. The van der Waals surface area contributed by atoms with E-state index in [1.54, 1.807) is 37.3 Å². The monoisotopic (exact) mass is 470 g/mol. The zero-order chi connectivity index (χ0) is 24.0.